The quantitative estimate of drug-likeness (QED) is 0.909. The van der Waals surface area contributed by atoms with Gasteiger partial charge in [-0.05, 0) is 37.8 Å². The predicted octanol–water partition coefficient (Wildman–Crippen LogP) is 2.44. The van der Waals surface area contributed by atoms with E-state index in [-0.39, 0.29) is 12.5 Å². The van der Waals surface area contributed by atoms with E-state index >= 15 is 0 Å². The fourth-order valence-corrected chi connectivity index (χ4v) is 3.67. The molecule has 3 rings (SSSR count). The third kappa shape index (κ3) is 3.93. The van der Waals surface area contributed by atoms with Crippen molar-refractivity contribution in [2.24, 2.45) is 0 Å². The van der Waals surface area contributed by atoms with E-state index in [1.54, 1.807) is 0 Å². The molecule has 1 amide bonds. The Balaban J connectivity index is 1.60. The number of aliphatic hydroxyl groups is 1. The van der Waals surface area contributed by atoms with Crippen molar-refractivity contribution in [3.8, 4) is 0 Å². The van der Waals surface area contributed by atoms with Crippen molar-refractivity contribution in [2.45, 2.75) is 45.6 Å². The van der Waals surface area contributed by atoms with Crippen molar-refractivity contribution in [2.75, 3.05) is 19.7 Å². The first-order valence-corrected chi connectivity index (χ1v) is 9.05. The van der Waals surface area contributed by atoms with Gasteiger partial charge >= 0.3 is 0 Å². The highest BCUT2D eigenvalue weighted by atomic mass is 16.3. The number of rotatable bonds is 5. The number of aryl methyl sites for hydroxylation is 2. The second-order valence-electron chi connectivity index (χ2n) is 6.89. The van der Waals surface area contributed by atoms with Crippen molar-refractivity contribution in [3.63, 3.8) is 0 Å². The molecule has 0 bridgehead atoms. The van der Waals surface area contributed by atoms with Crippen LogP contribution in [0.1, 0.15) is 41.4 Å². The van der Waals surface area contributed by atoms with Gasteiger partial charge in [-0.2, -0.15) is 0 Å². The SMILES string of the molecule is Cc1ccccc1CC(=O)N1CCC(c2ncc(C)n2CCO)CC1. The van der Waals surface area contributed by atoms with Gasteiger partial charge in [-0.15, -0.1) is 0 Å². The van der Waals surface area contributed by atoms with Crippen LogP contribution in [0.2, 0.25) is 0 Å². The van der Waals surface area contributed by atoms with Crippen LogP contribution in [0.5, 0.6) is 0 Å². The van der Waals surface area contributed by atoms with E-state index in [0.29, 0.717) is 18.9 Å². The van der Waals surface area contributed by atoms with E-state index in [1.807, 2.05) is 36.2 Å². The van der Waals surface area contributed by atoms with Crippen LogP contribution in [-0.4, -0.2) is 45.2 Å². The summed E-state index contributed by atoms with van der Waals surface area (Å²) in [4.78, 5) is 19.1. The molecule has 0 spiro atoms. The van der Waals surface area contributed by atoms with Gasteiger partial charge in [0.25, 0.3) is 0 Å². The van der Waals surface area contributed by atoms with Gasteiger partial charge in [0.05, 0.1) is 13.0 Å². The van der Waals surface area contributed by atoms with E-state index in [2.05, 4.69) is 22.5 Å². The maximum atomic E-state index is 12.6. The molecular formula is C20H27N3O2. The first-order chi connectivity index (χ1) is 12.1. The summed E-state index contributed by atoms with van der Waals surface area (Å²) >= 11 is 0. The smallest absolute Gasteiger partial charge is 0.226 e. The molecule has 1 saturated heterocycles. The summed E-state index contributed by atoms with van der Waals surface area (Å²) in [6, 6.07) is 8.09. The van der Waals surface area contributed by atoms with Gasteiger partial charge in [0, 0.05) is 37.4 Å². The molecule has 0 saturated carbocycles. The van der Waals surface area contributed by atoms with Gasteiger partial charge in [-0.3, -0.25) is 4.79 Å². The minimum absolute atomic E-state index is 0.123. The number of carbonyl (C=O) groups is 1. The number of amides is 1. The Bertz CT molecular complexity index is 730. The van der Waals surface area contributed by atoms with E-state index in [0.717, 1.165) is 43.0 Å². The number of hydrogen-bond acceptors (Lipinski definition) is 3. The number of aliphatic hydroxyl groups excluding tert-OH is 1. The Morgan fingerprint density at radius 2 is 1.96 bits per heavy atom. The van der Waals surface area contributed by atoms with E-state index in [4.69, 9.17) is 0 Å². The second-order valence-corrected chi connectivity index (χ2v) is 6.89. The molecular weight excluding hydrogens is 314 g/mol. The summed E-state index contributed by atoms with van der Waals surface area (Å²) in [5.41, 5.74) is 3.37. The summed E-state index contributed by atoms with van der Waals surface area (Å²) in [5, 5.41) is 9.26. The average Bonchev–Trinajstić information content (AvgIpc) is 2.98. The molecule has 0 unspecified atom stereocenters. The summed E-state index contributed by atoms with van der Waals surface area (Å²) in [6.45, 7) is 6.34. The highest BCUT2D eigenvalue weighted by Gasteiger charge is 2.27. The summed E-state index contributed by atoms with van der Waals surface area (Å²) in [5.74, 6) is 1.63. The van der Waals surface area contributed by atoms with Crippen LogP contribution in [0.3, 0.4) is 0 Å². The first-order valence-electron chi connectivity index (χ1n) is 9.05. The van der Waals surface area contributed by atoms with Crippen LogP contribution >= 0.6 is 0 Å². The number of hydrogen-bond donors (Lipinski definition) is 1. The second kappa shape index (κ2) is 7.83. The van der Waals surface area contributed by atoms with Gasteiger partial charge in [-0.1, -0.05) is 24.3 Å². The summed E-state index contributed by atoms with van der Waals surface area (Å²) in [6.07, 6.45) is 4.22. The largest absolute Gasteiger partial charge is 0.395 e. The van der Waals surface area contributed by atoms with Gasteiger partial charge in [-0.25, -0.2) is 4.98 Å². The number of imidazole rings is 1. The molecule has 5 nitrogen and oxygen atoms in total. The third-order valence-electron chi connectivity index (χ3n) is 5.23. The van der Waals surface area contributed by atoms with Crippen molar-refractivity contribution < 1.29 is 9.90 Å². The highest BCUT2D eigenvalue weighted by molar-refractivity contribution is 5.79. The summed E-state index contributed by atoms with van der Waals surface area (Å²) < 4.78 is 2.11. The number of aromatic nitrogens is 2. The Kier molecular flexibility index (Phi) is 5.53. The van der Waals surface area contributed by atoms with Crippen LogP contribution in [0.25, 0.3) is 0 Å². The van der Waals surface area contributed by atoms with Crippen LogP contribution < -0.4 is 0 Å². The van der Waals surface area contributed by atoms with Crippen LogP contribution in [0, 0.1) is 13.8 Å². The van der Waals surface area contributed by atoms with E-state index < -0.39 is 0 Å². The standard InChI is InChI=1S/C20H27N3O2/c1-15-5-3-4-6-18(15)13-19(25)22-9-7-17(8-10-22)20-21-14-16(2)23(20)11-12-24/h3-6,14,17,24H,7-13H2,1-2H3. The number of piperidine rings is 1. The van der Waals surface area contributed by atoms with Crippen LogP contribution in [0.15, 0.2) is 30.5 Å². The molecule has 0 atom stereocenters. The normalized spacial score (nSPS) is 15.6. The topological polar surface area (TPSA) is 58.4 Å². The first kappa shape index (κ1) is 17.7. The van der Waals surface area contributed by atoms with Crippen molar-refractivity contribution in [1.82, 2.24) is 14.5 Å². The molecule has 0 radical (unpaired) electrons. The Morgan fingerprint density at radius 1 is 1.24 bits per heavy atom. The van der Waals surface area contributed by atoms with E-state index in [1.165, 1.54) is 5.56 Å². The zero-order chi connectivity index (χ0) is 17.8. The minimum Gasteiger partial charge on any atom is -0.395 e. The summed E-state index contributed by atoms with van der Waals surface area (Å²) in [7, 11) is 0. The van der Waals surface area contributed by atoms with Gasteiger partial charge in [0.1, 0.15) is 5.82 Å². The number of likely N-dealkylation sites (tertiary alicyclic amines) is 1. The van der Waals surface area contributed by atoms with Crippen molar-refractivity contribution in [1.29, 1.82) is 0 Å². The minimum atomic E-state index is 0.123. The maximum Gasteiger partial charge on any atom is 0.226 e. The lowest BCUT2D eigenvalue weighted by atomic mass is 9.95. The molecule has 1 aromatic heterocycles. The molecule has 134 valence electrons. The van der Waals surface area contributed by atoms with Gasteiger partial charge in [0.15, 0.2) is 0 Å². The molecule has 1 fully saturated rings. The lowest BCUT2D eigenvalue weighted by molar-refractivity contribution is -0.131. The Hall–Kier alpha value is -2.14. The lowest BCUT2D eigenvalue weighted by Crippen LogP contribution is -2.39. The highest BCUT2D eigenvalue weighted by Crippen LogP contribution is 2.28. The molecule has 1 aromatic carbocycles. The monoisotopic (exact) mass is 341 g/mol. The van der Waals surface area contributed by atoms with Crippen LogP contribution in [-0.2, 0) is 17.8 Å². The maximum absolute atomic E-state index is 12.6. The zero-order valence-electron chi connectivity index (χ0n) is 15.1. The number of nitrogens with zero attached hydrogens (tertiary/aromatic N) is 3. The molecule has 1 aliphatic rings. The molecule has 2 heterocycles. The van der Waals surface area contributed by atoms with Gasteiger partial charge < -0.3 is 14.6 Å². The fourth-order valence-electron chi connectivity index (χ4n) is 3.67. The number of carbonyl (C=O) groups excluding carboxylic acids is 1. The fraction of sp³-hybridized carbons (Fsp3) is 0.500. The molecule has 1 aliphatic heterocycles. The average molecular weight is 341 g/mol. The Labute approximate surface area is 149 Å². The molecule has 25 heavy (non-hydrogen) atoms. The number of benzene rings is 1. The molecule has 5 heteroatoms. The Morgan fingerprint density at radius 3 is 2.64 bits per heavy atom. The molecule has 1 N–H and O–H groups in total. The zero-order valence-corrected chi connectivity index (χ0v) is 15.1. The third-order valence-corrected chi connectivity index (χ3v) is 5.23. The van der Waals surface area contributed by atoms with Gasteiger partial charge in [0.2, 0.25) is 5.91 Å². The van der Waals surface area contributed by atoms with Crippen LogP contribution in [0.4, 0.5) is 0 Å². The van der Waals surface area contributed by atoms with Crippen molar-refractivity contribution in [3.05, 3.63) is 53.1 Å². The van der Waals surface area contributed by atoms with E-state index in [9.17, 15) is 9.90 Å². The predicted molar refractivity (Wildman–Crippen MR) is 97.5 cm³/mol. The van der Waals surface area contributed by atoms with Crippen molar-refractivity contribution >= 4 is 5.91 Å². The molecule has 2 aromatic rings. The lowest BCUT2D eigenvalue weighted by Gasteiger charge is -2.32. The molecule has 0 aliphatic carbocycles.